The number of carbonyl (C=O) groups excluding carboxylic acids is 1. The maximum atomic E-state index is 12.6. The lowest BCUT2D eigenvalue weighted by molar-refractivity contribution is -0.402. The fraction of sp³-hybridized carbons (Fsp3) is 0.828. The number of Topliss-reactive ketones (excluding diaryl/α,β-unsaturated/α-hetero) is 1. The molecule has 4 atom stereocenters. The van der Waals surface area contributed by atoms with Crippen molar-refractivity contribution in [2.24, 2.45) is 17.8 Å². The summed E-state index contributed by atoms with van der Waals surface area (Å²) >= 11 is 0. The van der Waals surface area contributed by atoms with Gasteiger partial charge in [0.05, 0.1) is 5.60 Å². The van der Waals surface area contributed by atoms with Crippen molar-refractivity contribution in [3.05, 3.63) is 22.3 Å². The molecule has 2 aliphatic rings. The van der Waals surface area contributed by atoms with Gasteiger partial charge in [0, 0.05) is 16.7 Å². The highest BCUT2D eigenvalue weighted by Gasteiger charge is 2.53. The van der Waals surface area contributed by atoms with Crippen LogP contribution in [0.25, 0.3) is 0 Å². The molecular weight excluding hydrogens is 412 g/mol. The van der Waals surface area contributed by atoms with E-state index in [1.54, 1.807) is 6.92 Å². The van der Waals surface area contributed by atoms with Gasteiger partial charge in [-0.1, -0.05) is 79.1 Å². The molecule has 0 amide bonds. The number of ketones is 1. The van der Waals surface area contributed by atoms with E-state index in [2.05, 4.69) is 34.6 Å². The summed E-state index contributed by atoms with van der Waals surface area (Å²) in [5.41, 5.74) is 2.35. The zero-order chi connectivity index (χ0) is 24.8. The average molecular weight is 463 g/mol. The minimum Gasteiger partial charge on any atom is -0.334 e. The fourth-order valence-electron chi connectivity index (χ4n) is 5.71. The van der Waals surface area contributed by atoms with Crippen LogP contribution < -0.4 is 0 Å². The standard InChI is InChI=1S/C29H50O4/c1-20(2)12-9-13-21(3)14-10-15-22(4)16-11-18-28(8)19-17-26-24(6)27(30)23(5)25(7)29(26,32-28)33-31/h20-22,31H,9-19H2,1-8H3/t21-,22-,28-,29?/m1/s1. The molecule has 1 aliphatic carbocycles. The Bertz CT molecular complexity index is 734. The maximum absolute atomic E-state index is 12.6. The first-order chi connectivity index (χ1) is 15.5. The van der Waals surface area contributed by atoms with Crippen molar-refractivity contribution >= 4 is 5.78 Å². The molecule has 0 aromatic heterocycles. The van der Waals surface area contributed by atoms with Gasteiger partial charge in [-0.15, -0.1) is 0 Å². The normalized spacial score (nSPS) is 27.9. The number of hydrogen-bond donors (Lipinski definition) is 1. The Labute approximate surface area is 203 Å². The van der Waals surface area contributed by atoms with Crippen LogP contribution in [0.4, 0.5) is 0 Å². The van der Waals surface area contributed by atoms with E-state index in [1.165, 1.54) is 44.9 Å². The lowest BCUT2D eigenvalue weighted by atomic mass is 9.75. The summed E-state index contributed by atoms with van der Waals surface area (Å²) in [5.74, 6) is 1.12. The monoisotopic (exact) mass is 462 g/mol. The van der Waals surface area contributed by atoms with Crippen LogP contribution >= 0.6 is 0 Å². The van der Waals surface area contributed by atoms with Gasteiger partial charge in [0.25, 0.3) is 0 Å². The molecule has 1 fully saturated rings. The number of allylic oxidation sites excluding steroid dienone is 2. The van der Waals surface area contributed by atoms with Crippen molar-refractivity contribution in [2.45, 2.75) is 137 Å². The molecule has 1 saturated heterocycles. The predicted molar refractivity (Wildman–Crippen MR) is 136 cm³/mol. The summed E-state index contributed by atoms with van der Waals surface area (Å²) in [5, 5.41) is 9.93. The van der Waals surface area contributed by atoms with Crippen molar-refractivity contribution in [1.82, 2.24) is 0 Å². The molecule has 0 spiro atoms. The Morgan fingerprint density at radius 2 is 1.45 bits per heavy atom. The van der Waals surface area contributed by atoms with Crippen LogP contribution in [0.5, 0.6) is 0 Å². The number of carbonyl (C=O) groups is 1. The third kappa shape index (κ3) is 7.02. The van der Waals surface area contributed by atoms with Crippen molar-refractivity contribution < 1.29 is 19.7 Å². The maximum Gasteiger partial charge on any atom is 0.247 e. The molecular formula is C29H50O4. The summed E-state index contributed by atoms with van der Waals surface area (Å²) in [6.45, 7) is 17.0. The van der Waals surface area contributed by atoms with Crippen LogP contribution in [-0.4, -0.2) is 22.4 Å². The average Bonchev–Trinajstić information content (AvgIpc) is 2.75. The largest absolute Gasteiger partial charge is 0.334 e. The molecule has 1 aliphatic heterocycles. The molecule has 0 aromatic rings. The summed E-state index contributed by atoms with van der Waals surface area (Å²) in [6.07, 6.45) is 12.8. The molecule has 0 saturated carbocycles. The van der Waals surface area contributed by atoms with Crippen LogP contribution in [-0.2, 0) is 14.4 Å². The van der Waals surface area contributed by atoms with Crippen molar-refractivity contribution in [2.75, 3.05) is 0 Å². The second-order valence-corrected chi connectivity index (χ2v) is 11.8. The van der Waals surface area contributed by atoms with Gasteiger partial charge in [0.2, 0.25) is 5.79 Å². The predicted octanol–water partition coefficient (Wildman–Crippen LogP) is 8.42. The van der Waals surface area contributed by atoms with E-state index >= 15 is 0 Å². The molecule has 2 rings (SSSR count). The number of fused-ring (bicyclic) bond motifs is 1. The van der Waals surface area contributed by atoms with Crippen LogP contribution in [0.15, 0.2) is 22.3 Å². The van der Waals surface area contributed by atoms with Gasteiger partial charge in [-0.2, -0.15) is 4.89 Å². The first-order valence-corrected chi connectivity index (χ1v) is 13.4. The second kappa shape index (κ2) is 12.1. The summed E-state index contributed by atoms with van der Waals surface area (Å²) < 4.78 is 6.52. The molecule has 33 heavy (non-hydrogen) atoms. The van der Waals surface area contributed by atoms with Gasteiger partial charge in [-0.3, -0.25) is 4.79 Å². The van der Waals surface area contributed by atoms with E-state index < -0.39 is 5.79 Å². The Morgan fingerprint density at radius 3 is 2.00 bits per heavy atom. The van der Waals surface area contributed by atoms with Gasteiger partial charge in [0.1, 0.15) is 0 Å². The smallest absolute Gasteiger partial charge is 0.247 e. The van der Waals surface area contributed by atoms with Crippen LogP contribution in [0.1, 0.15) is 126 Å². The molecule has 1 unspecified atom stereocenters. The SMILES string of the molecule is CC1=C(C)C2(OO)O[C@](C)(CCC[C@H](C)CCC[C@H](C)CCCC(C)C)CCC2=C(C)C1=O. The Kier molecular flexibility index (Phi) is 10.4. The van der Waals surface area contributed by atoms with E-state index in [1.807, 2.05) is 13.8 Å². The lowest BCUT2D eigenvalue weighted by Gasteiger charge is -2.49. The van der Waals surface area contributed by atoms with E-state index in [0.29, 0.717) is 23.1 Å². The van der Waals surface area contributed by atoms with E-state index in [-0.39, 0.29) is 11.4 Å². The van der Waals surface area contributed by atoms with Gasteiger partial charge >= 0.3 is 0 Å². The fourth-order valence-corrected chi connectivity index (χ4v) is 5.71. The first-order valence-electron chi connectivity index (χ1n) is 13.4. The molecule has 190 valence electrons. The van der Waals surface area contributed by atoms with Crippen molar-refractivity contribution in [1.29, 1.82) is 0 Å². The van der Waals surface area contributed by atoms with Crippen LogP contribution in [0, 0.1) is 17.8 Å². The molecule has 1 heterocycles. The van der Waals surface area contributed by atoms with Gasteiger partial charge < -0.3 is 4.74 Å². The van der Waals surface area contributed by atoms with Crippen LogP contribution in [0.2, 0.25) is 0 Å². The van der Waals surface area contributed by atoms with Gasteiger partial charge in [0.15, 0.2) is 5.78 Å². The van der Waals surface area contributed by atoms with Gasteiger partial charge in [-0.05, 0) is 70.3 Å². The van der Waals surface area contributed by atoms with Crippen molar-refractivity contribution in [3.63, 3.8) is 0 Å². The molecule has 0 bridgehead atoms. The third-order valence-electron chi connectivity index (χ3n) is 8.28. The molecule has 0 radical (unpaired) electrons. The summed E-state index contributed by atoms with van der Waals surface area (Å²) in [7, 11) is 0. The number of rotatable bonds is 13. The molecule has 4 nitrogen and oxygen atoms in total. The molecule has 1 N–H and O–H groups in total. The topological polar surface area (TPSA) is 55.8 Å². The van der Waals surface area contributed by atoms with E-state index in [4.69, 9.17) is 9.62 Å². The molecule has 0 aromatic carbocycles. The highest BCUT2D eigenvalue weighted by Crippen LogP contribution is 2.50. The Morgan fingerprint density at radius 1 is 0.909 bits per heavy atom. The number of ether oxygens (including phenoxy) is 1. The summed E-state index contributed by atoms with van der Waals surface area (Å²) in [4.78, 5) is 17.6. The Hall–Kier alpha value is -0.970. The van der Waals surface area contributed by atoms with Gasteiger partial charge in [-0.25, -0.2) is 5.26 Å². The van der Waals surface area contributed by atoms with Crippen LogP contribution in [0.3, 0.4) is 0 Å². The minimum absolute atomic E-state index is 0.0328. The lowest BCUT2D eigenvalue weighted by Crippen LogP contribution is -2.53. The first kappa shape index (κ1) is 28.3. The Balaban J connectivity index is 1.82. The zero-order valence-electron chi connectivity index (χ0n) is 22.7. The zero-order valence-corrected chi connectivity index (χ0v) is 22.7. The third-order valence-corrected chi connectivity index (χ3v) is 8.28. The van der Waals surface area contributed by atoms with Crippen molar-refractivity contribution in [3.8, 4) is 0 Å². The minimum atomic E-state index is -1.30. The quantitative estimate of drug-likeness (QED) is 0.220. The number of hydrogen-bond acceptors (Lipinski definition) is 4. The second-order valence-electron chi connectivity index (χ2n) is 11.8. The highest BCUT2D eigenvalue weighted by atomic mass is 17.1. The summed E-state index contributed by atoms with van der Waals surface area (Å²) in [6, 6.07) is 0. The molecule has 4 heteroatoms. The van der Waals surface area contributed by atoms with E-state index in [0.717, 1.165) is 42.6 Å². The van der Waals surface area contributed by atoms with E-state index in [9.17, 15) is 10.1 Å². The highest BCUT2D eigenvalue weighted by molar-refractivity contribution is 6.10.